The third-order valence-corrected chi connectivity index (χ3v) is 3.76. The topological polar surface area (TPSA) is 33.2 Å². The normalized spacial score (nSPS) is 15.4. The minimum Gasteiger partial charge on any atom is -0.335 e. The van der Waals surface area contributed by atoms with Gasteiger partial charge in [0.25, 0.3) is 5.91 Å². The summed E-state index contributed by atoms with van der Waals surface area (Å²) in [6.07, 6.45) is 6.53. The van der Waals surface area contributed by atoms with Crippen LogP contribution in [0.4, 0.5) is 0 Å². The highest BCUT2D eigenvalue weighted by Crippen LogP contribution is 2.27. The van der Waals surface area contributed by atoms with Gasteiger partial charge in [-0.05, 0) is 25.3 Å². The fourth-order valence-electron chi connectivity index (χ4n) is 1.94. The predicted octanol–water partition coefficient (Wildman–Crippen LogP) is 3.12. The Balaban J connectivity index is 2.18. The molecule has 1 aliphatic carbocycles. The molecule has 1 aliphatic rings. The Hall–Kier alpha value is -0.610. The van der Waals surface area contributed by atoms with Gasteiger partial charge in [-0.1, -0.05) is 27.5 Å². The Kier molecular flexibility index (Phi) is 4.40. The Bertz CT molecular complexity index is 409. The van der Waals surface area contributed by atoms with E-state index in [1.165, 1.54) is 12.6 Å². The molecule has 0 saturated heterocycles. The maximum absolute atomic E-state index is 12.4. The van der Waals surface area contributed by atoms with Gasteiger partial charge in [0.1, 0.15) is 0 Å². The van der Waals surface area contributed by atoms with Crippen LogP contribution in [0.3, 0.4) is 0 Å². The first-order valence-corrected chi connectivity index (χ1v) is 7.20. The molecule has 0 atom stereocenters. The molecule has 5 heteroatoms. The molecule has 17 heavy (non-hydrogen) atoms. The number of carbonyl (C=O) groups is 1. The second kappa shape index (κ2) is 5.83. The van der Waals surface area contributed by atoms with Crippen molar-refractivity contribution in [3.8, 4) is 0 Å². The molecular weight excluding hydrogens is 304 g/mol. The van der Waals surface area contributed by atoms with E-state index in [-0.39, 0.29) is 5.91 Å². The molecule has 0 bridgehead atoms. The predicted molar refractivity (Wildman–Crippen MR) is 71.7 cm³/mol. The van der Waals surface area contributed by atoms with E-state index in [1.807, 2.05) is 4.90 Å². The summed E-state index contributed by atoms with van der Waals surface area (Å²) in [6.45, 7) is 0.724. The molecule has 1 aromatic rings. The van der Waals surface area contributed by atoms with E-state index in [0.29, 0.717) is 16.6 Å². The summed E-state index contributed by atoms with van der Waals surface area (Å²) >= 11 is 9.40. The average Bonchev–Trinajstić information content (AvgIpc) is 2.26. The maximum atomic E-state index is 12.4. The van der Waals surface area contributed by atoms with Crippen LogP contribution in [-0.4, -0.2) is 33.7 Å². The van der Waals surface area contributed by atoms with E-state index in [2.05, 4.69) is 20.9 Å². The van der Waals surface area contributed by atoms with Crippen molar-refractivity contribution < 1.29 is 4.79 Å². The highest BCUT2D eigenvalue weighted by molar-refractivity contribution is 9.09. The van der Waals surface area contributed by atoms with Crippen LogP contribution in [0.25, 0.3) is 0 Å². The lowest BCUT2D eigenvalue weighted by molar-refractivity contribution is 0.0599. The van der Waals surface area contributed by atoms with Crippen molar-refractivity contribution in [2.75, 3.05) is 11.9 Å². The zero-order valence-corrected chi connectivity index (χ0v) is 11.7. The molecule has 3 nitrogen and oxygen atoms in total. The highest BCUT2D eigenvalue weighted by atomic mass is 79.9. The van der Waals surface area contributed by atoms with Gasteiger partial charge < -0.3 is 4.90 Å². The van der Waals surface area contributed by atoms with E-state index in [0.717, 1.165) is 24.7 Å². The van der Waals surface area contributed by atoms with Gasteiger partial charge in [0.05, 0.1) is 10.6 Å². The molecule has 2 rings (SSSR count). The van der Waals surface area contributed by atoms with Gasteiger partial charge in [-0.3, -0.25) is 9.78 Å². The minimum absolute atomic E-state index is 0.0153. The number of pyridine rings is 1. The van der Waals surface area contributed by atoms with Gasteiger partial charge in [-0.15, -0.1) is 0 Å². The molecule has 0 aliphatic heterocycles. The molecule has 0 radical (unpaired) electrons. The molecule has 92 valence electrons. The molecule has 0 N–H and O–H groups in total. The van der Waals surface area contributed by atoms with Crippen molar-refractivity contribution in [3.63, 3.8) is 0 Å². The number of rotatable bonds is 4. The van der Waals surface area contributed by atoms with Gasteiger partial charge in [-0.2, -0.15) is 0 Å². The van der Waals surface area contributed by atoms with E-state index < -0.39 is 0 Å². The summed E-state index contributed by atoms with van der Waals surface area (Å²) in [4.78, 5) is 18.2. The second-order valence-electron chi connectivity index (χ2n) is 4.13. The number of carbonyl (C=O) groups excluding carboxylic acids is 1. The van der Waals surface area contributed by atoms with Crippen molar-refractivity contribution >= 4 is 33.4 Å². The van der Waals surface area contributed by atoms with Crippen molar-refractivity contribution in [2.45, 2.75) is 25.3 Å². The van der Waals surface area contributed by atoms with Gasteiger partial charge >= 0.3 is 0 Å². The lowest BCUT2D eigenvalue weighted by Crippen LogP contribution is -2.45. The second-order valence-corrected chi connectivity index (χ2v) is 5.33. The zero-order chi connectivity index (χ0) is 12.3. The van der Waals surface area contributed by atoms with Gasteiger partial charge in [-0.25, -0.2) is 0 Å². The first-order chi connectivity index (χ1) is 8.24. The monoisotopic (exact) mass is 316 g/mol. The molecule has 0 unspecified atom stereocenters. The summed E-state index contributed by atoms with van der Waals surface area (Å²) in [5.41, 5.74) is 0.550. The molecule has 0 aromatic carbocycles. The summed E-state index contributed by atoms with van der Waals surface area (Å²) < 4.78 is 0. The summed E-state index contributed by atoms with van der Waals surface area (Å²) in [5, 5.41) is 1.22. The third kappa shape index (κ3) is 2.80. The van der Waals surface area contributed by atoms with Crippen LogP contribution < -0.4 is 0 Å². The standard InChI is InChI=1S/C12H14BrClN2O/c13-5-7-16(9-2-1-3-9)12(17)10-4-6-15-8-11(10)14/h4,6,8-9H,1-3,5,7H2. The summed E-state index contributed by atoms with van der Waals surface area (Å²) in [5.74, 6) is 0.0153. The number of halogens is 2. The SMILES string of the molecule is O=C(c1ccncc1Cl)N(CCBr)C1CCC1. The molecule has 1 fully saturated rings. The fraction of sp³-hybridized carbons (Fsp3) is 0.500. The van der Waals surface area contributed by atoms with Crippen molar-refractivity contribution in [2.24, 2.45) is 0 Å². The minimum atomic E-state index is 0.0153. The number of aromatic nitrogens is 1. The van der Waals surface area contributed by atoms with E-state index >= 15 is 0 Å². The first kappa shape index (κ1) is 12.8. The number of alkyl halides is 1. The third-order valence-electron chi connectivity index (χ3n) is 3.10. The average molecular weight is 318 g/mol. The van der Waals surface area contributed by atoms with Crippen molar-refractivity contribution in [1.29, 1.82) is 0 Å². The first-order valence-electron chi connectivity index (χ1n) is 5.70. The molecule has 1 saturated carbocycles. The van der Waals surface area contributed by atoms with E-state index in [9.17, 15) is 4.79 Å². The van der Waals surface area contributed by atoms with Crippen LogP contribution in [-0.2, 0) is 0 Å². The lowest BCUT2D eigenvalue weighted by atomic mass is 9.91. The van der Waals surface area contributed by atoms with Crippen LogP contribution in [0.2, 0.25) is 5.02 Å². The Morgan fingerprint density at radius 1 is 1.59 bits per heavy atom. The fourth-order valence-corrected chi connectivity index (χ4v) is 2.52. The van der Waals surface area contributed by atoms with Crippen LogP contribution in [0.15, 0.2) is 18.5 Å². The molecule has 1 aromatic heterocycles. The zero-order valence-electron chi connectivity index (χ0n) is 9.40. The van der Waals surface area contributed by atoms with Crippen LogP contribution in [0, 0.1) is 0 Å². The highest BCUT2D eigenvalue weighted by Gasteiger charge is 2.29. The number of hydrogen-bond donors (Lipinski definition) is 0. The van der Waals surface area contributed by atoms with Crippen LogP contribution in [0.5, 0.6) is 0 Å². The van der Waals surface area contributed by atoms with Gasteiger partial charge in [0.2, 0.25) is 0 Å². The van der Waals surface area contributed by atoms with Gasteiger partial charge in [0.15, 0.2) is 0 Å². The number of nitrogens with zero attached hydrogens (tertiary/aromatic N) is 2. The van der Waals surface area contributed by atoms with Crippen LogP contribution in [0.1, 0.15) is 29.6 Å². The number of amides is 1. The number of hydrogen-bond acceptors (Lipinski definition) is 2. The largest absolute Gasteiger partial charge is 0.335 e. The Labute approximate surface area is 114 Å². The summed E-state index contributed by atoms with van der Waals surface area (Å²) in [7, 11) is 0. The molecular formula is C12H14BrClN2O. The van der Waals surface area contributed by atoms with Crippen molar-refractivity contribution in [3.05, 3.63) is 29.0 Å². The molecule has 1 amide bonds. The van der Waals surface area contributed by atoms with Crippen LogP contribution >= 0.6 is 27.5 Å². The quantitative estimate of drug-likeness (QED) is 0.799. The molecule has 1 heterocycles. The lowest BCUT2D eigenvalue weighted by Gasteiger charge is -2.37. The summed E-state index contributed by atoms with van der Waals surface area (Å²) in [6, 6.07) is 2.06. The Morgan fingerprint density at radius 2 is 2.35 bits per heavy atom. The van der Waals surface area contributed by atoms with E-state index in [1.54, 1.807) is 12.3 Å². The smallest absolute Gasteiger partial charge is 0.255 e. The van der Waals surface area contributed by atoms with E-state index in [4.69, 9.17) is 11.6 Å². The molecule has 0 spiro atoms. The maximum Gasteiger partial charge on any atom is 0.255 e. The Morgan fingerprint density at radius 3 is 2.88 bits per heavy atom. The van der Waals surface area contributed by atoms with Gasteiger partial charge in [0, 0.05) is 30.3 Å². The van der Waals surface area contributed by atoms with Crippen molar-refractivity contribution in [1.82, 2.24) is 9.88 Å².